The molecule has 1 atom stereocenters. The number of carbonyl (C=O) groups is 2. The van der Waals surface area contributed by atoms with Crippen LogP contribution < -0.4 is 0 Å². The third kappa shape index (κ3) is 3.56. The highest BCUT2D eigenvalue weighted by atomic mass is 16.6. The van der Waals surface area contributed by atoms with Gasteiger partial charge in [0.2, 0.25) is 0 Å². The van der Waals surface area contributed by atoms with Gasteiger partial charge in [-0.3, -0.25) is 9.69 Å². The van der Waals surface area contributed by atoms with Crippen molar-refractivity contribution in [3.05, 3.63) is 35.9 Å². The largest absolute Gasteiger partial charge is 0.445 e. The molecule has 0 aromatic heterocycles. The molecular weight excluding hydrogens is 242 g/mol. The van der Waals surface area contributed by atoms with E-state index in [0.717, 1.165) is 24.8 Å². The van der Waals surface area contributed by atoms with Crippen molar-refractivity contribution < 1.29 is 14.3 Å². The van der Waals surface area contributed by atoms with Crippen LogP contribution in [-0.2, 0) is 16.1 Å². The van der Waals surface area contributed by atoms with E-state index in [4.69, 9.17) is 4.74 Å². The lowest BCUT2D eigenvalue weighted by Crippen LogP contribution is -2.47. The fourth-order valence-electron chi connectivity index (χ4n) is 2.37. The summed E-state index contributed by atoms with van der Waals surface area (Å²) in [7, 11) is 0. The summed E-state index contributed by atoms with van der Waals surface area (Å²) < 4.78 is 5.28. The third-order valence-electron chi connectivity index (χ3n) is 3.41. The molecule has 0 spiro atoms. The first-order chi connectivity index (χ1) is 9.18. The van der Waals surface area contributed by atoms with Crippen LogP contribution in [0.4, 0.5) is 4.79 Å². The van der Waals surface area contributed by atoms with Gasteiger partial charge in [-0.15, -0.1) is 0 Å². The molecule has 1 aliphatic heterocycles. The summed E-state index contributed by atoms with van der Waals surface area (Å²) in [4.78, 5) is 25.1. The zero-order valence-electron chi connectivity index (χ0n) is 11.2. The molecule has 1 fully saturated rings. The Hall–Kier alpha value is -1.84. The number of hydrogen-bond donors (Lipinski definition) is 0. The van der Waals surface area contributed by atoms with Crippen LogP contribution >= 0.6 is 0 Å². The predicted octanol–water partition coefficient (Wildman–Crippen LogP) is 2.77. The number of benzene rings is 1. The van der Waals surface area contributed by atoms with E-state index in [2.05, 4.69) is 0 Å². The van der Waals surface area contributed by atoms with Crippen molar-refractivity contribution in [2.75, 3.05) is 6.54 Å². The van der Waals surface area contributed by atoms with Gasteiger partial charge in [-0.05, 0) is 31.7 Å². The van der Waals surface area contributed by atoms with Crippen LogP contribution in [0.15, 0.2) is 30.3 Å². The van der Waals surface area contributed by atoms with Crippen molar-refractivity contribution in [2.45, 2.75) is 38.8 Å². The second-order valence-corrected chi connectivity index (χ2v) is 4.86. The Balaban J connectivity index is 1.93. The highest BCUT2D eigenvalue weighted by Gasteiger charge is 2.30. The molecule has 1 saturated heterocycles. The normalized spacial score (nSPS) is 19.0. The van der Waals surface area contributed by atoms with E-state index in [9.17, 15) is 9.59 Å². The first kappa shape index (κ1) is 13.6. The van der Waals surface area contributed by atoms with Crippen LogP contribution in [0.5, 0.6) is 0 Å². The molecule has 0 bridgehead atoms. The molecule has 1 heterocycles. The molecule has 0 aliphatic carbocycles. The SMILES string of the molecule is CC(=O)C1CCCCN1C(=O)OCc1ccccc1. The maximum Gasteiger partial charge on any atom is 0.410 e. The van der Waals surface area contributed by atoms with Crippen LogP contribution in [0, 0.1) is 0 Å². The fraction of sp³-hybridized carbons (Fsp3) is 0.467. The molecular formula is C15H19NO3. The minimum absolute atomic E-state index is 0.0383. The highest BCUT2D eigenvalue weighted by Crippen LogP contribution is 2.19. The van der Waals surface area contributed by atoms with E-state index < -0.39 is 0 Å². The topological polar surface area (TPSA) is 46.6 Å². The van der Waals surface area contributed by atoms with Gasteiger partial charge in [0.15, 0.2) is 5.78 Å². The Morgan fingerprint density at radius 1 is 1.26 bits per heavy atom. The van der Waals surface area contributed by atoms with E-state index in [-0.39, 0.29) is 24.5 Å². The predicted molar refractivity (Wildman–Crippen MR) is 71.7 cm³/mol. The first-order valence-corrected chi connectivity index (χ1v) is 6.66. The standard InChI is InChI=1S/C15H19NO3/c1-12(17)14-9-5-6-10-16(14)15(18)19-11-13-7-3-2-4-8-13/h2-4,7-8,14H,5-6,9-11H2,1H3. The Morgan fingerprint density at radius 3 is 2.68 bits per heavy atom. The summed E-state index contributed by atoms with van der Waals surface area (Å²) in [6.07, 6.45) is 2.29. The summed E-state index contributed by atoms with van der Waals surface area (Å²) in [5.41, 5.74) is 0.951. The quantitative estimate of drug-likeness (QED) is 0.840. The van der Waals surface area contributed by atoms with Gasteiger partial charge in [-0.2, -0.15) is 0 Å². The molecule has 1 unspecified atom stereocenters. The second-order valence-electron chi connectivity index (χ2n) is 4.86. The lowest BCUT2D eigenvalue weighted by molar-refractivity contribution is -0.122. The Bertz CT molecular complexity index is 444. The van der Waals surface area contributed by atoms with Crippen molar-refractivity contribution in [3.63, 3.8) is 0 Å². The van der Waals surface area contributed by atoms with E-state index in [1.165, 1.54) is 6.92 Å². The summed E-state index contributed by atoms with van der Waals surface area (Å²) in [6.45, 7) is 2.39. The summed E-state index contributed by atoms with van der Waals surface area (Å²) in [5, 5.41) is 0. The maximum atomic E-state index is 12.0. The van der Waals surface area contributed by atoms with Crippen LogP contribution in [0.25, 0.3) is 0 Å². The minimum atomic E-state index is -0.385. The summed E-state index contributed by atoms with van der Waals surface area (Å²) in [6, 6.07) is 9.24. The van der Waals surface area contributed by atoms with E-state index in [0.29, 0.717) is 6.54 Å². The van der Waals surface area contributed by atoms with Gasteiger partial charge in [0.25, 0.3) is 0 Å². The number of rotatable bonds is 3. The zero-order valence-corrected chi connectivity index (χ0v) is 11.2. The number of Topliss-reactive ketones (excluding diaryl/α,β-unsaturated/α-hetero) is 1. The smallest absolute Gasteiger partial charge is 0.410 e. The molecule has 1 aromatic carbocycles. The summed E-state index contributed by atoms with van der Waals surface area (Å²) in [5.74, 6) is 0.0383. The number of amides is 1. The van der Waals surface area contributed by atoms with Gasteiger partial charge in [0.1, 0.15) is 6.61 Å². The molecule has 1 aromatic rings. The number of ether oxygens (including phenoxy) is 1. The van der Waals surface area contributed by atoms with Crippen molar-refractivity contribution in [3.8, 4) is 0 Å². The molecule has 4 nitrogen and oxygen atoms in total. The molecule has 1 amide bonds. The highest BCUT2D eigenvalue weighted by molar-refractivity contribution is 5.85. The molecule has 4 heteroatoms. The Labute approximate surface area is 113 Å². The van der Waals surface area contributed by atoms with Gasteiger partial charge in [0.05, 0.1) is 6.04 Å². The first-order valence-electron chi connectivity index (χ1n) is 6.66. The fourth-order valence-corrected chi connectivity index (χ4v) is 2.37. The van der Waals surface area contributed by atoms with Crippen molar-refractivity contribution in [2.24, 2.45) is 0 Å². The van der Waals surface area contributed by atoms with Crippen LogP contribution in [0.3, 0.4) is 0 Å². The van der Waals surface area contributed by atoms with Gasteiger partial charge >= 0.3 is 6.09 Å². The van der Waals surface area contributed by atoms with Gasteiger partial charge in [0, 0.05) is 6.54 Å². The van der Waals surface area contributed by atoms with Crippen molar-refractivity contribution in [1.29, 1.82) is 0 Å². The van der Waals surface area contributed by atoms with Crippen molar-refractivity contribution >= 4 is 11.9 Å². The van der Waals surface area contributed by atoms with Gasteiger partial charge in [-0.1, -0.05) is 30.3 Å². The Morgan fingerprint density at radius 2 is 2.00 bits per heavy atom. The number of nitrogens with zero attached hydrogens (tertiary/aromatic N) is 1. The molecule has 19 heavy (non-hydrogen) atoms. The van der Waals surface area contributed by atoms with E-state index in [1.54, 1.807) is 4.90 Å². The molecule has 2 rings (SSSR count). The lowest BCUT2D eigenvalue weighted by atomic mass is 10.00. The molecule has 0 N–H and O–H groups in total. The monoisotopic (exact) mass is 261 g/mol. The maximum absolute atomic E-state index is 12.0. The minimum Gasteiger partial charge on any atom is -0.445 e. The van der Waals surface area contributed by atoms with Crippen molar-refractivity contribution in [1.82, 2.24) is 4.90 Å². The average molecular weight is 261 g/mol. The lowest BCUT2D eigenvalue weighted by Gasteiger charge is -2.33. The van der Waals surface area contributed by atoms with E-state index in [1.807, 2.05) is 30.3 Å². The second kappa shape index (κ2) is 6.36. The molecule has 0 saturated carbocycles. The zero-order chi connectivity index (χ0) is 13.7. The molecule has 1 aliphatic rings. The van der Waals surface area contributed by atoms with E-state index >= 15 is 0 Å². The third-order valence-corrected chi connectivity index (χ3v) is 3.41. The van der Waals surface area contributed by atoms with Crippen LogP contribution in [0.2, 0.25) is 0 Å². The summed E-state index contributed by atoms with van der Waals surface area (Å²) >= 11 is 0. The van der Waals surface area contributed by atoms with Crippen LogP contribution in [-0.4, -0.2) is 29.4 Å². The number of carbonyl (C=O) groups excluding carboxylic acids is 2. The van der Waals surface area contributed by atoms with Crippen LogP contribution in [0.1, 0.15) is 31.7 Å². The molecule has 0 radical (unpaired) electrons. The Kier molecular flexibility index (Phi) is 4.55. The number of hydrogen-bond acceptors (Lipinski definition) is 3. The van der Waals surface area contributed by atoms with Gasteiger partial charge in [-0.25, -0.2) is 4.79 Å². The average Bonchev–Trinajstić information content (AvgIpc) is 2.46. The molecule has 102 valence electrons. The van der Waals surface area contributed by atoms with Gasteiger partial charge < -0.3 is 4.74 Å². The number of piperidine rings is 1. The number of likely N-dealkylation sites (tertiary alicyclic amines) is 1. The number of ketones is 1.